The number of carbonyl (C=O) groups is 1. The minimum atomic E-state index is -3.46. The lowest BCUT2D eigenvalue weighted by molar-refractivity contribution is -0.119. The fourth-order valence-corrected chi connectivity index (χ4v) is 3.69. The topological polar surface area (TPSA) is 75.3 Å². The number of amides is 1. The lowest BCUT2D eigenvalue weighted by Crippen LogP contribution is -2.38. The zero-order chi connectivity index (χ0) is 18.8. The SMILES string of the molecule is O=C(CNS(=O)(=O)CCCc1ccccc1)NCCc1cccc(Cl)c1. The molecule has 0 aliphatic rings. The summed E-state index contributed by atoms with van der Waals surface area (Å²) in [6.45, 7) is 0.179. The van der Waals surface area contributed by atoms with Gasteiger partial charge in [-0.3, -0.25) is 4.79 Å². The highest BCUT2D eigenvalue weighted by molar-refractivity contribution is 7.89. The van der Waals surface area contributed by atoms with Crippen molar-refractivity contribution in [1.82, 2.24) is 10.0 Å². The van der Waals surface area contributed by atoms with Gasteiger partial charge in [-0.25, -0.2) is 13.1 Å². The maximum Gasteiger partial charge on any atom is 0.235 e. The number of hydrogen-bond acceptors (Lipinski definition) is 3. The molecule has 2 rings (SSSR count). The number of nitrogens with one attached hydrogen (secondary N) is 2. The highest BCUT2D eigenvalue weighted by atomic mass is 35.5. The molecule has 0 saturated carbocycles. The Morgan fingerprint density at radius 2 is 1.69 bits per heavy atom. The molecular formula is C19H23ClN2O3S. The number of aryl methyl sites for hydroxylation is 1. The van der Waals surface area contributed by atoms with Crippen LogP contribution in [0.4, 0.5) is 0 Å². The van der Waals surface area contributed by atoms with E-state index in [1.54, 1.807) is 6.07 Å². The summed E-state index contributed by atoms with van der Waals surface area (Å²) in [5.41, 5.74) is 2.11. The molecule has 5 nitrogen and oxygen atoms in total. The van der Waals surface area contributed by atoms with Crippen LogP contribution in [0.15, 0.2) is 54.6 Å². The molecule has 2 N–H and O–H groups in total. The third kappa shape index (κ3) is 7.99. The van der Waals surface area contributed by atoms with Gasteiger partial charge in [0, 0.05) is 11.6 Å². The second-order valence-corrected chi connectivity index (χ2v) is 8.32. The van der Waals surface area contributed by atoms with Crippen molar-refractivity contribution in [3.63, 3.8) is 0 Å². The number of carbonyl (C=O) groups excluding carboxylic acids is 1. The standard InChI is InChI=1S/C19H23ClN2O3S/c20-18-10-4-8-17(14-18)11-12-21-19(23)15-22-26(24,25)13-5-9-16-6-2-1-3-7-16/h1-4,6-8,10,14,22H,5,9,11-13,15H2,(H,21,23). The maximum atomic E-state index is 12.0. The van der Waals surface area contributed by atoms with Gasteiger partial charge in [-0.1, -0.05) is 54.1 Å². The van der Waals surface area contributed by atoms with Crippen LogP contribution < -0.4 is 10.0 Å². The summed E-state index contributed by atoms with van der Waals surface area (Å²) in [7, 11) is -3.46. The minimum absolute atomic E-state index is 0.00229. The summed E-state index contributed by atoms with van der Waals surface area (Å²) in [4.78, 5) is 11.8. The molecular weight excluding hydrogens is 372 g/mol. The molecule has 2 aromatic carbocycles. The first-order chi connectivity index (χ1) is 12.4. The van der Waals surface area contributed by atoms with Crippen LogP contribution in [0.2, 0.25) is 5.02 Å². The van der Waals surface area contributed by atoms with E-state index in [1.165, 1.54) is 0 Å². The average Bonchev–Trinajstić information content (AvgIpc) is 2.61. The highest BCUT2D eigenvalue weighted by Crippen LogP contribution is 2.10. The third-order valence-electron chi connectivity index (χ3n) is 3.80. The molecule has 0 radical (unpaired) electrons. The van der Waals surface area contributed by atoms with Crippen molar-refractivity contribution in [2.24, 2.45) is 0 Å². The van der Waals surface area contributed by atoms with Crippen LogP contribution in [0.1, 0.15) is 17.5 Å². The number of hydrogen-bond donors (Lipinski definition) is 2. The van der Waals surface area contributed by atoms with E-state index < -0.39 is 10.0 Å². The van der Waals surface area contributed by atoms with Gasteiger partial charge in [-0.2, -0.15) is 0 Å². The van der Waals surface area contributed by atoms with Crippen LogP contribution >= 0.6 is 11.6 Å². The number of rotatable bonds is 10. The lowest BCUT2D eigenvalue weighted by Gasteiger charge is -2.08. The zero-order valence-corrected chi connectivity index (χ0v) is 16.0. The summed E-state index contributed by atoms with van der Waals surface area (Å²) in [6.07, 6.45) is 1.83. The average molecular weight is 395 g/mol. The van der Waals surface area contributed by atoms with Gasteiger partial charge in [0.1, 0.15) is 0 Å². The molecule has 140 valence electrons. The van der Waals surface area contributed by atoms with Crippen LogP contribution in [0, 0.1) is 0 Å². The molecule has 0 bridgehead atoms. The van der Waals surface area contributed by atoms with E-state index in [0.29, 0.717) is 30.8 Å². The quantitative estimate of drug-likeness (QED) is 0.650. The van der Waals surface area contributed by atoms with E-state index in [0.717, 1.165) is 11.1 Å². The molecule has 1 amide bonds. The molecule has 2 aromatic rings. The molecule has 0 saturated heterocycles. The van der Waals surface area contributed by atoms with Crippen LogP contribution in [0.25, 0.3) is 0 Å². The summed E-state index contributed by atoms with van der Waals surface area (Å²) in [5, 5.41) is 3.35. The van der Waals surface area contributed by atoms with Crippen molar-refractivity contribution < 1.29 is 13.2 Å². The van der Waals surface area contributed by atoms with Gasteiger partial charge in [0.05, 0.1) is 12.3 Å². The predicted octanol–water partition coefficient (Wildman–Crippen LogP) is 2.55. The van der Waals surface area contributed by atoms with E-state index in [-0.39, 0.29) is 18.2 Å². The van der Waals surface area contributed by atoms with Crippen LogP contribution in [0.5, 0.6) is 0 Å². The van der Waals surface area contributed by atoms with Crippen molar-refractivity contribution in [1.29, 1.82) is 0 Å². The van der Waals surface area contributed by atoms with Gasteiger partial charge in [0.2, 0.25) is 15.9 Å². The van der Waals surface area contributed by atoms with Crippen LogP contribution in [-0.2, 0) is 27.7 Å². The largest absolute Gasteiger partial charge is 0.355 e. The lowest BCUT2D eigenvalue weighted by atomic mass is 10.1. The first kappa shape index (κ1) is 20.4. The van der Waals surface area contributed by atoms with Crippen molar-refractivity contribution >= 4 is 27.5 Å². The molecule has 0 aromatic heterocycles. The van der Waals surface area contributed by atoms with Gasteiger partial charge < -0.3 is 5.32 Å². The fourth-order valence-electron chi connectivity index (χ4n) is 2.46. The van der Waals surface area contributed by atoms with Crippen molar-refractivity contribution in [3.8, 4) is 0 Å². The fraction of sp³-hybridized carbons (Fsp3) is 0.316. The smallest absolute Gasteiger partial charge is 0.235 e. The molecule has 0 aliphatic carbocycles. The summed E-state index contributed by atoms with van der Waals surface area (Å²) < 4.78 is 26.2. The van der Waals surface area contributed by atoms with Gasteiger partial charge >= 0.3 is 0 Å². The Labute approximate surface area is 159 Å². The van der Waals surface area contributed by atoms with Gasteiger partial charge in [-0.05, 0) is 42.5 Å². The zero-order valence-electron chi connectivity index (χ0n) is 14.4. The van der Waals surface area contributed by atoms with Crippen LogP contribution in [0.3, 0.4) is 0 Å². The van der Waals surface area contributed by atoms with Crippen molar-refractivity contribution in [3.05, 3.63) is 70.7 Å². The third-order valence-corrected chi connectivity index (χ3v) is 5.44. The van der Waals surface area contributed by atoms with E-state index in [9.17, 15) is 13.2 Å². The maximum absolute atomic E-state index is 12.0. The number of benzene rings is 2. The van der Waals surface area contributed by atoms with Crippen molar-refractivity contribution in [2.75, 3.05) is 18.8 Å². The Balaban J connectivity index is 1.63. The predicted molar refractivity (Wildman–Crippen MR) is 105 cm³/mol. The summed E-state index contributed by atoms with van der Waals surface area (Å²) in [6, 6.07) is 17.1. The van der Waals surface area contributed by atoms with Gasteiger partial charge in [0.15, 0.2) is 0 Å². The van der Waals surface area contributed by atoms with E-state index in [2.05, 4.69) is 10.0 Å². The number of halogens is 1. The molecule has 0 atom stereocenters. The molecule has 0 unspecified atom stereocenters. The van der Waals surface area contributed by atoms with E-state index in [4.69, 9.17) is 11.6 Å². The molecule has 0 spiro atoms. The minimum Gasteiger partial charge on any atom is -0.355 e. The Kier molecular flexibility index (Phi) is 8.09. The second-order valence-electron chi connectivity index (χ2n) is 5.96. The van der Waals surface area contributed by atoms with Crippen LogP contribution in [-0.4, -0.2) is 33.2 Å². The molecule has 0 heterocycles. The normalized spacial score (nSPS) is 11.3. The number of sulfonamides is 1. The molecule has 0 aliphatic heterocycles. The Hall–Kier alpha value is -1.89. The van der Waals surface area contributed by atoms with E-state index >= 15 is 0 Å². The first-order valence-electron chi connectivity index (χ1n) is 8.47. The van der Waals surface area contributed by atoms with E-state index in [1.807, 2.05) is 48.5 Å². The van der Waals surface area contributed by atoms with Crippen molar-refractivity contribution in [2.45, 2.75) is 19.3 Å². The second kappa shape index (κ2) is 10.3. The Morgan fingerprint density at radius 3 is 2.42 bits per heavy atom. The highest BCUT2D eigenvalue weighted by Gasteiger charge is 2.12. The van der Waals surface area contributed by atoms with Gasteiger partial charge in [-0.15, -0.1) is 0 Å². The monoisotopic (exact) mass is 394 g/mol. The molecule has 0 fully saturated rings. The first-order valence-corrected chi connectivity index (χ1v) is 10.5. The summed E-state index contributed by atoms with van der Waals surface area (Å²) in [5.74, 6) is -0.351. The Morgan fingerprint density at radius 1 is 0.962 bits per heavy atom. The Bertz CT molecular complexity index is 811. The molecule has 7 heteroatoms. The summed E-state index contributed by atoms with van der Waals surface area (Å²) >= 11 is 5.90. The molecule has 26 heavy (non-hydrogen) atoms. The van der Waals surface area contributed by atoms with Gasteiger partial charge in [0.25, 0.3) is 0 Å².